The predicted molar refractivity (Wildman–Crippen MR) is 322 cm³/mol. The maximum Gasteiger partial charge on any atom is 0.159 e. The molecule has 0 N–H and O–H groups in total. The van der Waals surface area contributed by atoms with Gasteiger partial charge in [-0.05, 0) is 184 Å². The molecule has 77 heavy (non-hydrogen) atoms. The number of fused-ring (bicyclic) bond motifs is 7. The van der Waals surface area contributed by atoms with Crippen LogP contribution in [0.2, 0.25) is 0 Å². The van der Waals surface area contributed by atoms with Crippen molar-refractivity contribution in [3.63, 3.8) is 0 Å². The average molecular weight is 994 g/mol. The lowest BCUT2D eigenvalue weighted by molar-refractivity contribution is -0.0337. The Bertz CT molecular complexity index is 4020. The molecule has 5 aliphatic carbocycles. The van der Waals surface area contributed by atoms with Crippen molar-refractivity contribution in [1.82, 2.24) is 0 Å². The Morgan fingerprint density at radius 3 is 1.87 bits per heavy atom. The van der Waals surface area contributed by atoms with Crippen molar-refractivity contribution in [2.75, 3.05) is 4.90 Å². The first kappa shape index (κ1) is 46.1. The molecule has 1 heterocycles. The van der Waals surface area contributed by atoms with E-state index in [1.54, 1.807) is 16.7 Å². The van der Waals surface area contributed by atoms with Gasteiger partial charge in [0, 0.05) is 38.4 Å². The second-order valence-electron chi connectivity index (χ2n) is 23.3. The van der Waals surface area contributed by atoms with Gasteiger partial charge in [-0.15, -0.1) is 0 Å². The Labute approximate surface area is 453 Å². The van der Waals surface area contributed by atoms with Gasteiger partial charge in [0.25, 0.3) is 0 Å². The zero-order valence-electron chi connectivity index (χ0n) is 44.0. The van der Waals surface area contributed by atoms with Crippen LogP contribution >= 0.6 is 0 Å². The van der Waals surface area contributed by atoms with Crippen LogP contribution in [0.5, 0.6) is 0 Å². The summed E-state index contributed by atoms with van der Waals surface area (Å²) in [6.45, 7) is 10.5. The van der Waals surface area contributed by atoms with Gasteiger partial charge in [0.05, 0.1) is 5.69 Å². The first-order valence-corrected chi connectivity index (χ1v) is 28.3. The largest absolute Gasteiger partial charge is 0.454 e. The smallest absolute Gasteiger partial charge is 0.159 e. The molecule has 3 saturated carbocycles. The Morgan fingerprint density at radius 1 is 0.506 bits per heavy atom. The van der Waals surface area contributed by atoms with Crippen molar-refractivity contribution in [3.8, 4) is 33.4 Å². The minimum absolute atomic E-state index is 0.112. The number of rotatable bonds is 9. The first-order chi connectivity index (χ1) is 37.9. The van der Waals surface area contributed by atoms with Crippen molar-refractivity contribution in [3.05, 3.63) is 277 Å². The van der Waals surface area contributed by atoms with Crippen LogP contribution in [-0.4, -0.2) is 0 Å². The molecule has 1 aromatic heterocycles. The molecule has 10 aromatic rings. The minimum atomic E-state index is -0.173. The molecule has 9 aromatic carbocycles. The van der Waals surface area contributed by atoms with E-state index in [1.165, 1.54) is 80.1 Å². The molecule has 0 saturated heterocycles. The van der Waals surface area contributed by atoms with Gasteiger partial charge in [0.1, 0.15) is 5.58 Å². The van der Waals surface area contributed by atoms with Crippen LogP contribution in [0.25, 0.3) is 60.9 Å². The molecule has 3 fully saturated rings. The van der Waals surface area contributed by atoms with Crippen LogP contribution in [0.4, 0.5) is 17.1 Å². The van der Waals surface area contributed by atoms with Gasteiger partial charge in [-0.3, -0.25) is 0 Å². The highest BCUT2D eigenvalue weighted by Crippen LogP contribution is 2.76. The molecule has 0 aliphatic heterocycles. The highest BCUT2D eigenvalue weighted by Gasteiger charge is 2.69. The highest BCUT2D eigenvalue weighted by molar-refractivity contribution is 6.14. The van der Waals surface area contributed by atoms with Gasteiger partial charge in [-0.1, -0.05) is 208 Å². The summed E-state index contributed by atoms with van der Waals surface area (Å²) in [7, 11) is 0. The summed E-state index contributed by atoms with van der Waals surface area (Å²) >= 11 is 0. The van der Waals surface area contributed by atoms with E-state index in [-0.39, 0.29) is 16.2 Å². The molecule has 374 valence electrons. The van der Waals surface area contributed by atoms with Crippen molar-refractivity contribution >= 4 is 44.6 Å². The van der Waals surface area contributed by atoms with E-state index in [4.69, 9.17) is 4.42 Å². The summed E-state index contributed by atoms with van der Waals surface area (Å²) in [5.41, 5.74) is 24.0. The number of anilines is 3. The highest BCUT2D eigenvalue weighted by atomic mass is 16.3. The van der Waals surface area contributed by atoms with Gasteiger partial charge in [0.15, 0.2) is 5.58 Å². The fourth-order valence-electron chi connectivity index (χ4n) is 17.2. The Hall–Kier alpha value is -8.20. The number of furan rings is 1. The SMILES string of the molecule is C=C/C=C(\C=C)c1ccc(N(c2ccc(-c3ccccc3)cc2)c2ccc3c4c2oc2cccc(c24)C2CC45CC(CCC6(c7ccccc7-c7ccccc7C)CCCC3(C2)C64)c2ccccc2-c2ccccc25)cc1. The third-order valence-electron chi connectivity index (χ3n) is 19.8. The molecule has 0 amide bonds. The molecule has 2 nitrogen and oxygen atoms in total. The molecule has 2 spiro atoms. The fourth-order valence-corrected chi connectivity index (χ4v) is 17.2. The van der Waals surface area contributed by atoms with Gasteiger partial charge in [-0.25, -0.2) is 0 Å². The summed E-state index contributed by atoms with van der Waals surface area (Å²) in [5, 5.41) is 2.65. The predicted octanol–water partition coefficient (Wildman–Crippen LogP) is 20.2. The molecule has 6 atom stereocenters. The number of allylic oxidation sites excluding steroid dienone is 4. The van der Waals surface area contributed by atoms with Crippen molar-refractivity contribution in [2.45, 2.75) is 86.4 Å². The quantitative estimate of drug-likeness (QED) is 0.134. The second kappa shape index (κ2) is 17.7. The van der Waals surface area contributed by atoms with E-state index < -0.39 is 0 Å². The number of nitrogens with zero attached hydrogens (tertiary/aromatic N) is 1. The van der Waals surface area contributed by atoms with E-state index in [0.717, 1.165) is 71.5 Å². The van der Waals surface area contributed by atoms with Crippen LogP contribution < -0.4 is 4.90 Å². The fraction of sp³-hybridized carbons (Fsp3) is 0.200. The van der Waals surface area contributed by atoms with Gasteiger partial charge >= 0.3 is 0 Å². The van der Waals surface area contributed by atoms with Crippen LogP contribution in [0, 0.1) is 12.8 Å². The molecular weight excluding hydrogens is 931 g/mol. The molecule has 2 heteroatoms. The molecule has 6 unspecified atom stereocenters. The van der Waals surface area contributed by atoms with Gasteiger partial charge in [-0.2, -0.15) is 0 Å². The lowest BCUT2D eigenvalue weighted by atomic mass is 9.37. The van der Waals surface area contributed by atoms with Crippen molar-refractivity contribution in [2.24, 2.45) is 5.92 Å². The molecule has 15 rings (SSSR count). The van der Waals surface area contributed by atoms with Crippen molar-refractivity contribution < 1.29 is 4.42 Å². The zero-order chi connectivity index (χ0) is 51.5. The molecule has 5 aliphatic rings. The summed E-state index contributed by atoms with van der Waals surface area (Å²) in [6, 6.07) is 79.1. The molecule has 0 radical (unpaired) electrons. The molecular formula is C75H63NO. The second-order valence-corrected chi connectivity index (χ2v) is 23.3. The van der Waals surface area contributed by atoms with E-state index in [0.29, 0.717) is 17.8 Å². The van der Waals surface area contributed by atoms with Gasteiger partial charge < -0.3 is 9.32 Å². The monoisotopic (exact) mass is 993 g/mol. The Balaban J connectivity index is 1.02. The van der Waals surface area contributed by atoms with Crippen molar-refractivity contribution in [1.29, 1.82) is 0 Å². The average Bonchev–Trinajstić information content (AvgIpc) is 3.82. The van der Waals surface area contributed by atoms with Gasteiger partial charge in [0.2, 0.25) is 0 Å². The van der Waals surface area contributed by atoms with E-state index in [1.807, 2.05) is 18.2 Å². The normalized spacial score (nSPS) is 23.7. The Kier molecular flexibility index (Phi) is 10.6. The van der Waals surface area contributed by atoms with E-state index in [2.05, 4.69) is 231 Å². The summed E-state index contributed by atoms with van der Waals surface area (Å²) in [5.74, 6) is 1.08. The summed E-state index contributed by atoms with van der Waals surface area (Å²) < 4.78 is 7.55. The maximum absolute atomic E-state index is 7.55. The van der Waals surface area contributed by atoms with E-state index in [9.17, 15) is 0 Å². The maximum atomic E-state index is 7.55. The number of aryl methyl sites for hydroxylation is 1. The lowest BCUT2D eigenvalue weighted by Gasteiger charge is -2.66. The third kappa shape index (κ3) is 6.73. The first-order valence-electron chi connectivity index (χ1n) is 28.3. The lowest BCUT2D eigenvalue weighted by Crippen LogP contribution is -2.63. The van der Waals surface area contributed by atoms with Crippen LogP contribution in [0.15, 0.2) is 242 Å². The standard InChI is InChI=1S/C75H63NO/c1-4-19-50(5-2)52-32-36-56(37-33-52)76(57-38-34-53(35-39-57)51-21-7-6-8-22-51)67-41-40-66-70-69-60(28-17-31-68(69)77-71(67)70)55-47-74(66)44-18-43-73(64-29-15-13-26-62(64)58-23-10-9-20-49(58)3)45-42-54-46-75(48-55,72(73)74)65-30-16-14-27-63(65)61-25-12-11-24-59(54)61/h4-17,19-41,54-55,72H,1-2,18,42-48H2,3H3/b50-19+. The van der Waals surface area contributed by atoms with Crippen LogP contribution in [-0.2, 0) is 16.2 Å². The molecule has 4 bridgehead atoms. The van der Waals surface area contributed by atoms with Crippen LogP contribution in [0.3, 0.4) is 0 Å². The zero-order valence-corrected chi connectivity index (χ0v) is 44.0. The number of hydrogen-bond acceptors (Lipinski definition) is 2. The number of hydrogen-bond donors (Lipinski definition) is 0. The summed E-state index contributed by atoms with van der Waals surface area (Å²) in [6.07, 6.45) is 15.0. The Morgan fingerprint density at radius 2 is 1.12 bits per heavy atom. The van der Waals surface area contributed by atoms with E-state index >= 15 is 0 Å². The minimum Gasteiger partial charge on any atom is -0.454 e. The summed E-state index contributed by atoms with van der Waals surface area (Å²) in [4.78, 5) is 2.44. The third-order valence-corrected chi connectivity index (χ3v) is 19.8. The topological polar surface area (TPSA) is 16.4 Å². The number of benzene rings is 9. The van der Waals surface area contributed by atoms with Crippen LogP contribution in [0.1, 0.15) is 102 Å².